The molecular weight excluding hydrogens is 156 g/mol. The molecule has 4 nitrogen and oxygen atoms in total. The minimum Gasteiger partial charge on any atom is -0.395 e. The second-order valence-electron chi connectivity index (χ2n) is 3.34. The molecule has 1 aliphatic heterocycles. The number of piperazine rings is 1. The molecule has 1 fully saturated rings. The first-order valence-corrected chi connectivity index (χ1v) is 4.39. The molecule has 1 aliphatic rings. The van der Waals surface area contributed by atoms with Crippen molar-refractivity contribution in [1.82, 2.24) is 9.80 Å². The number of hydrogen-bond donors (Lipinski definition) is 1. The quantitative estimate of drug-likeness (QED) is 0.597. The van der Waals surface area contributed by atoms with E-state index in [1.165, 1.54) is 0 Å². The zero-order valence-corrected chi connectivity index (χ0v) is 7.57. The van der Waals surface area contributed by atoms with Gasteiger partial charge in [0.1, 0.15) is 0 Å². The van der Waals surface area contributed by atoms with Crippen LogP contribution >= 0.6 is 0 Å². The molecule has 0 amide bonds. The minimum absolute atomic E-state index is 0.0692. The van der Waals surface area contributed by atoms with Crippen LogP contribution in [0.2, 0.25) is 0 Å². The highest BCUT2D eigenvalue weighted by molar-refractivity contribution is 4.79. The zero-order chi connectivity index (χ0) is 8.97. The molecule has 0 bridgehead atoms. The van der Waals surface area contributed by atoms with Crippen molar-refractivity contribution in [2.75, 3.05) is 46.4 Å². The molecule has 0 saturated carbocycles. The van der Waals surface area contributed by atoms with Crippen LogP contribution < -0.4 is 0 Å². The Hall–Kier alpha value is -0.160. The third-order valence-corrected chi connectivity index (χ3v) is 2.40. The minimum atomic E-state index is -0.0692. The van der Waals surface area contributed by atoms with Gasteiger partial charge in [0.25, 0.3) is 0 Å². The van der Waals surface area contributed by atoms with Crippen LogP contribution in [0.1, 0.15) is 0 Å². The number of rotatable bonds is 3. The van der Waals surface area contributed by atoms with Gasteiger partial charge < -0.3 is 10.0 Å². The molecular formula is C8H17N2O2. The van der Waals surface area contributed by atoms with Crippen molar-refractivity contribution in [1.29, 1.82) is 0 Å². The highest BCUT2D eigenvalue weighted by Crippen LogP contribution is 2.06. The zero-order valence-electron chi connectivity index (χ0n) is 7.57. The van der Waals surface area contributed by atoms with Gasteiger partial charge in [-0.05, 0) is 7.05 Å². The van der Waals surface area contributed by atoms with E-state index in [0.717, 1.165) is 19.6 Å². The summed E-state index contributed by atoms with van der Waals surface area (Å²) in [5.74, 6) is 0. The van der Waals surface area contributed by atoms with Crippen LogP contribution in [0, 0.1) is 0 Å². The van der Waals surface area contributed by atoms with Crippen molar-refractivity contribution in [2.24, 2.45) is 0 Å². The molecule has 1 rings (SSSR count). The van der Waals surface area contributed by atoms with Gasteiger partial charge in [0.15, 0.2) is 0 Å². The third-order valence-electron chi connectivity index (χ3n) is 2.40. The predicted molar refractivity (Wildman–Crippen MR) is 45.5 cm³/mol. The number of aliphatic hydroxyl groups excluding tert-OH is 1. The van der Waals surface area contributed by atoms with Gasteiger partial charge in [-0.25, -0.2) is 5.11 Å². The molecule has 4 heteroatoms. The number of nitrogens with zero attached hydrogens (tertiary/aromatic N) is 2. The average Bonchev–Trinajstić information content (AvgIpc) is 2.08. The summed E-state index contributed by atoms with van der Waals surface area (Å²) in [5.41, 5.74) is 0. The Morgan fingerprint density at radius 3 is 2.83 bits per heavy atom. The Balaban J connectivity index is 2.39. The maximum absolute atomic E-state index is 10.4. The van der Waals surface area contributed by atoms with Crippen LogP contribution in [-0.4, -0.2) is 67.4 Å². The molecule has 0 aromatic carbocycles. The smallest absolute Gasteiger partial charge is 0.0949 e. The van der Waals surface area contributed by atoms with E-state index in [2.05, 4.69) is 9.80 Å². The number of aliphatic hydroxyl groups is 1. The Morgan fingerprint density at radius 2 is 2.25 bits per heavy atom. The molecule has 1 heterocycles. The fraction of sp³-hybridized carbons (Fsp3) is 1.00. The molecule has 0 aromatic rings. The van der Waals surface area contributed by atoms with E-state index in [4.69, 9.17) is 5.11 Å². The maximum Gasteiger partial charge on any atom is 0.0949 e. The first-order chi connectivity index (χ1) is 5.77. The van der Waals surface area contributed by atoms with Crippen LogP contribution in [0.3, 0.4) is 0 Å². The highest BCUT2D eigenvalue weighted by Gasteiger charge is 2.23. The monoisotopic (exact) mass is 173 g/mol. The molecule has 0 spiro atoms. The van der Waals surface area contributed by atoms with E-state index >= 15 is 0 Å². The summed E-state index contributed by atoms with van der Waals surface area (Å²) in [6.45, 7) is 3.43. The summed E-state index contributed by atoms with van der Waals surface area (Å²) in [4.78, 5) is 4.26. The van der Waals surface area contributed by atoms with Crippen molar-refractivity contribution in [2.45, 2.75) is 6.04 Å². The van der Waals surface area contributed by atoms with Crippen LogP contribution in [0.15, 0.2) is 0 Å². The highest BCUT2D eigenvalue weighted by atomic mass is 16.3. The standard InChI is InChI=1S/C8H17N2O2/c1-9-2-3-10(4-5-11)8(6-9)7-12/h8,12H,2-7H2,1H3/t8-/m1/s1. The van der Waals surface area contributed by atoms with Crippen molar-refractivity contribution < 1.29 is 10.2 Å². The molecule has 1 radical (unpaired) electrons. The Labute approximate surface area is 73.4 Å². The van der Waals surface area contributed by atoms with Crippen LogP contribution in [-0.2, 0) is 5.11 Å². The van der Waals surface area contributed by atoms with E-state index < -0.39 is 0 Å². The summed E-state index contributed by atoms with van der Waals surface area (Å²) < 4.78 is 0. The Morgan fingerprint density at radius 1 is 1.50 bits per heavy atom. The Bertz CT molecular complexity index is 132. The van der Waals surface area contributed by atoms with Crippen molar-refractivity contribution >= 4 is 0 Å². The van der Waals surface area contributed by atoms with Crippen LogP contribution in [0.4, 0.5) is 0 Å². The van der Waals surface area contributed by atoms with Crippen LogP contribution in [0.5, 0.6) is 0 Å². The van der Waals surface area contributed by atoms with Crippen molar-refractivity contribution in [3.63, 3.8) is 0 Å². The topological polar surface area (TPSA) is 46.6 Å². The third kappa shape index (κ3) is 2.42. The Kier molecular flexibility index (Phi) is 3.94. The molecule has 0 aliphatic carbocycles. The van der Waals surface area contributed by atoms with Gasteiger partial charge in [0.2, 0.25) is 0 Å². The van der Waals surface area contributed by atoms with Gasteiger partial charge in [-0.2, -0.15) is 0 Å². The molecule has 0 aromatic heterocycles. The fourth-order valence-corrected chi connectivity index (χ4v) is 1.63. The summed E-state index contributed by atoms with van der Waals surface area (Å²) in [5, 5.41) is 19.4. The van der Waals surface area contributed by atoms with Crippen molar-refractivity contribution in [3.05, 3.63) is 0 Å². The fourth-order valence-electron chi connectivity index (χ4n) is 1.63. The van der Waals surface area contributed by atoms with E-state index in [0.29, 0.717) is 6.54 Å². The lowest BCUT2D eigenvalue weighted by atomic mass is 10.2. The molecule has 1 saturated heterocycles. The van der Waals surface area contributed by atoms with E-state index in [1.807, 2.05) is 7.05 Å². The molecule has 1 atom stereocenters. The van der Waals surface area contributed by atoms with Gasteiger partial charge >= 0.3 is 0 Å². The summed E-state index contributed by atoms with van der Waals surface area (Å²) in [6.07, 6.45) is 0. The predicted octanol–water partition coefficient (Wildman–Crippen LogP) is -0.975. The summed E-state index contributed by atoms with van der Waals surface area (Å²) >= 11 is 0. The van der Waals surface area contributed by atoms with E-state index in [1.54, 1.807) is 0 Å². The van der Waals surface area contributed by atoms with E-state index in [-0.39, 0.29) is 19.3 Å². The number of likely N-dealkylation sites (N-methyl/N-ethyl adjacent to an activating group) is 1. The van der Waals surface area contributed by atoms with Gasteiger partial charge in [0, 0.05) is 32.2 Å². The molecule has 1 N–H and O–H groups in total. The first kappa shape index (κ1) is 9.92. The molecule has 71 valence electrons. The lowest BCUT2D eigenvalue weighted by Gasteiger charge is -2.38. The molecule has 0 unspecified atom stereocenters. The van der Waals surface area contributed by atoms with Gasteiger partial charge in [-0.3, -0.25) is 4.90 Å². The average molecular weight is 173 g/mol. The second-order valence-corrected chi connectivity index (χ2v) is 3.34. The van der Waals surface area contributed by atoms with Crippen LogP contribution in [0.25, 0.3) is 0 Å². The normalized spacial score (nSPS) is 27.8. The van der Waals surface area contributed by atoms with E-state index in [9.17, 15) is 5.11 Å². The van der Waals surface area contributed by atoms with Gasteiger partial charge in [-0.1, -0.05) is 0 Å². The molecule has 12 heavy (non-hydrogen) atoms. The summed E-state index contributed by atoms with van der Waals surface area (Å²) in [6, 6.07) is 0.165. The summed E-state index contributed by atoms with van der Waals surface area (Å²) in [7, 11) is 2.04. The largest absolute Gasteiger partial charge is 0.395 e. The van der Waals surface area contributed by atoms with Crippen molar-refractivity contribution in [3.8, 4) is 0 Å². The number of hydrogen-bond acceptors (Lipinski definition) is 3. The van der Waals surface area contributed by atoms with Gasteiger partial charge in [-0.15, -0.1) is 0 Å². The SMILES string of the molecule is CN1CCN(CC[O])[C@@H](CO)C1. The lowest BCUT2D eigenvalue weighted by Crippen LogP contribution is -2.53. The maximum atomic E-state index is 10.4. The lowest BCUT2D eigenvalue weighted by molar-refractivity contribution is 0.0305. The first-order valence-electron chi connectivity index (χ1n) is 4.39. The van der Waals surface area contributed by atoms with Gasteiger partial charge in [0.05, 0.1) is 13.2 Å². The second kappa shape index (κ2) is 4.77.